The maximum absolute atomic E-state index is 13.3. The average molecular weight is 444 g/mol. The van der Waals surface area contributed by atoms with Crippen LogP contribution in [0, 0.1) is 6.92 Å². The molecule has 0 spiro atoms. The molecule has 0 fully saturated rings. The molecule has 8 nitrogen and oxygen atoms in total. The van der Waals surface area contributed by atoms with Gasteiger partial charge < -0.3 is 10.5 Å². The van der Waals surface area contributed by atoms with E-state index in [1.54, 1.807) is 6.92 Å². The highest BCUT2D eigenvalue weighted by atomic mass is 32.1. The number of nitrogens with zero attached hydrogens (tertiary/aromatic N) is 2. The summed E-state index contributed by atoms with van der Waals surface area (Å²) >= 11 is 1.36. The van der Waals surface area contributed by atoms with Crippen molar-refractivity contribution in [2.75, 3.05) is 0 Å². The van der Waals surface area contributed by atoms with Crippen molar-refractivity contribution >= 4 is 33.4 Å². The van der Waals surface area contributed by atoms with E-state index >= 15 is 0 Å². The van der Waals surface area contributed by atoms with Crippen molar-refractivity contribution in [2.45, 2.75) is 52.8 Å². The third-order valence-corrected chi connectivity index (χ3v) is 6.57. The molecule has 9 heteroatoms. The van der Waals surface area contributed by atoms with Gasteiger partial charge >= 0.3 is 11.7 Å². The van der Waals surface area contributed by atoms with Crippen LogP contribution >= 0.6 is 11.3 Å². The van der Waals surface area contributed by atoms with Gasteiger partial charge in [0.25, 0.3) is 5.56 Å². The van der Waals surface area contributed by atoms with Crippen LogP contribution in [0.1, 0.15) is 42.4 Å². The largest absolute Gasteiger partial charge is 0.456 e. The zero-order valence-corrected chi connectivity index (χ0v) is 18.5. The lowest BCUT2D eigenvalue weighted by atomic mass is 10.1. The SMILES string of the molecule is CCC(=O)O[C@@H](Cn1c(=O)n(CC(N)=O)c(=O)c2c(C)c(CC)sc21)c1ccccc1. The number of aryl methyl sites for hydroxylation is 2. The van der Waals surface area contributed by atoms with Crippen LogP contribution in [0.5, 0.6) is 0 Å². The third-order valence-electron chi connectivity index (χ3n) is 5.11. The van der Waals surface area contributed by atoms with Gasteiger partial charge in [-0.25, -0.2) is 4.79 Å². The Balaban J connectivity index is 2.25. The lowest BCUT2D eigenvalue weighted by Gasteiger charge is -2.20. The number of nitrogens with two attached hydrogens (primary N) is 1. The van der Waals surface area contributed by atoms with Crippen molar-refractivity contribution in [3.63, 3.8) is 0 Å². The summed E-state index contributed by atoms with van der Waals surface area (Å²) in [5.41, 5.74) is 5.60. The number of fused-ring (bicyclic) bond motifs is 1. The van der Waals surface area contributed by atoms with Gasteiger partial charge in [-0.3, -0.25) is 23.5 Å². The first-order chi connectivity index (χ1) is 14.8. The number of esters is 1. The lowest BCUT2D eigenvalue weighted by Crippen LogP contribution is -2.43. The molecule has 0 unspecified atom stereocenters. The number of ether oxygens (including phenoxy) is 1. The molecule has 0 aliphatic rings. The summed E-state index contributed by atoms with van der Waals surface area (Å²) in [7, 11) is 0. The van der Waals surface area contributed by atoms with Gasteiger partial charge in [-0.1, -0.05) is 44.2 Å². The Bertz CT molecular complexity index is 1240. The van der Waals surface area contributed by atoms with E-state index in [9.17, 15) is 19.2 Å². The molecule has 0 aliphatic heterocycles. The molecule has 2 aromatic heterocycles. The molecule has 0 saturated carbocycles. The molecule has 164 valence electrons. The summed E-state index contributed by atoms with van der Waals surface area (Å²) in [6.07, 6.45) is 0.149. The van der Waals surface area contributed by atoms with E-state index < -0.39 is 35.8 Å². The molecule has 1 aromatic carbocycles. The fourth-order valence-electron chi connectivity index (χ4n) is 3.52. The molecule has 2 N–H and O–H groups in total. The van der Waals surface area contributed by atoms with E-state index in [4.69, 9.17) is 10.5 Å². The van der Waals surface area contributed by atoms with Gasteiger partial charge in [-0.2, -0.15) is 0 Å². The molecule has 3 rings (SSSR count). The van der Waals surface area contributed by atoms with Gasteiger partial charge in [0.15, 0.2) is 0 Å². The van der Waals surface area contributed by atoms with Crippen LogP contribution in [0.4, 0.5) is 0 Å². The molecule has 31 heavy (non-hydrogen) atoms. The third kappa shape index (κ3) is 4.46. The normalized spacial score (nSPS) is 12.1. The zero-order valence-electron chi connectivity index (χ0n) is 17.7. The topological polar surface area (TPSA) is 113 Å². The van der Waals surface area contributed by atoms with E-state index in [-0.39, 0.29) is 13.0 Å². The molecule has 0 saturated heterocycles. The number of primary amides is 1. The Morgan fingerprint density at radius 3 is 2.39 bits per heavy atom. The number of carbonyl (C=O) groups is 2. The van der Waals surface area contributed by atoms with E-state index in [1.165, 1.54) is 15.9 Å². The van der Waals surface area contributed by atoms with Crippen molar-refractivity contribution in [3.05, 3.63) is 67.2 Å². The number of amides is 1. The number of hydrogen-bond acceptors (Lipinski definition) is 6. The lowest BCUT2D eigenvalue weighted by molar-refractivity contribution is -0.149. The summed E-state index contributed by atoms with van der Waals surface area (Å²) in [5, 5.41) is 0.385. The fraction of sp³-hybridized carbons (Fsp3) is 0.364. The average Bonchev–Trinajstić information content (AvgIpc) is 3.09. The second-order valence-electron chi connectivity index (χ2n) is 7.18. The molecule has 0 radical (unpaired) electrons. The Hall–Kier alpha value is -3.20. The number of benzene rings is 1. The molecule has 0 aliphatic carbocycles. The summed E-state index contributed by atoms with van der Waals surface area (Å²) in [6, 6.07) is 9.10. The van der Waals surface area contributed by atoms with Gasteiger partial charge in [-0.15, -0.1) is 11.3 Å². The summed E-state index contributed by atoms with van der Waals surface area (Å²) in [6.45, 7) is 4.98. The monoisotopic (exact) mass is 443 g/mol. The maximum atomic E-state index is 13.3. The summed E-state index contributed by atoms with van der Waals surface area (Å²) in [4.78, 5) is 51.4. The van der Waals surface area contributed by atoms with Crippen LogP contribution in [0.15, 0.2) is 39.9 Å². The fourth-order valence-corrected chi connectivity index (χ4v) is 4.76. The van der Waals surface area contributed by atoms with Gasteiger partial charge in [-0.05, 0) is 24.5 Å². The number of rotatable bonds is 8. The number of hydrogen-bond donors (Lipinski definition) is 1. The first-order valence-electron chi connectivity index (χ1n) is 10.1. The van der Waals surface area contributed by atoms with Crippen LogP contribution in [-0.4, -0.2) is 21.0 Å². The zero-order chi connectivity index (χ0) is 22.7. The molecule has 2 heterocycles. The predicted octanol–water partition coefficient (Wildman–Crippen LogP) is 2.28. The van der Waals surface area contributed by atoms with E-state index in [0.717, 1.165) is 20.6 Å². The summed E-state index contributed by atoms with van der Waals surface area (Å²) in [5.74, 6) is -1.19. The van der Waals surface area contributed by atoms with Gasteiger partial charge in [0.2, 0.25) is 5.91 Å². The minimum atomic E-state index is -0.786. The van der Waals surface area contributed by atoms with Crippen molar-refractivity contribution in [1.82, 2.24) is 9.13 Å². The van der Waals surface area contributed by atoms with Crippen molar-refractivity contribution in [1.29, 1.82) is 0 Å². The van der Waals surface area contributed by atoms with E-state index in [2.05, 4.69) is 0 Å². The van der Waals surface area contributed by atoms with Crippen LogP contribution < -0.4 is 17.0 Å². The van der Waals surface area contributed by atoms with Crippen LogP contribution in [0.2, 0.25) is 0 Å². The van der Waals surface area contributed by atoms with Crippen LogP contribution in [0.25, 0.3) is 10.2 Å². The first-order valence-corrected chi connectivity index (χ1v) is 10.9. The van der Waals surface area contributed by atoms with Crippen molar-refractivity contribution in [2.24, 2.45) is 5.73 Å². The first kappa shape index (κ1) is 22.5. The van der Waals surface area contributed by atoms with Crippen molar-refractivity contribution in [3.8, 4) is 0 Å². The van der Waals surface area contributed by atoms with Crippen LogP contribution in [-0.2, 0) is 33.8 Å². The van der Waals surface area contributed by atoms with E-state index in [1.807, 2.05) is 44.2 Å². The molecule has 1 atom stereocenters. The highest BCUT2D eigenvalue weighted by Crippen LogP contribution is 2.30. The van der Waals surface area contributed by atoms with Gasteiger partial charge in [0.1, 0.15) is 17.5 Å². The standard InChI is InChI=1S/C22H25N3O5S/c1-4-16-13(3)19-20(28)24(12-17(23)26)22(29)25(21(19)31-16)11-15(30-18(27)5-2)14-9-7-6-8-10-14/h6-10,15H,4-5,11-12H2,1-3H3,(H2,23,26)/t15-/m0/s1. The quantitative estimate of drug-likeness (QED) is 0.537. The second kappa shape index (κ2) is 9.30. The summed E-state index contributed by atoms with van der Waals surface area (Å²) < 4.78 is 7.90. The van der Waals surface area contributed by atoms with E-state index in [0.29, 0.717) is 16.6 Å². The molecule has 0 bridgehead atoms. The highest BCUT2D eigenvalue weighted by Gasteiger charge is 2.24. The molecule has 1 amide bonds. The Labute approximate surface area is 182 Å². The van der Waals surface area contributed by atoms with Crippen LogP contribution in [0.3, 0.4) is 0 Å². The molecular weight excluding hydrogens is 418 g/mol. The Kier molecular flexibility index (Phi) is 6.74. The number of aromatic nitrogens is 2. The smallest absolute Gasteiger partial charge is 0.332 e. The number of thiophene rings is 1. The maximum Gasteiger partial charge on any atom is 0.332 e. The Morgan fingerprint density at radius 2 is 1.81 bits per heavy atom. The second-order valence-corrected chi connectivity index (χ2v) is 8.26. The highest BCUT2D eigenvalue weighted by molar-refractivity contribution is 7.18. The van der Waals surface area contributed by atoms with Gasteiger partial charge in [0.05, 0.1) is 11.9 Å². The number of carbonyl (C=O) groups excluding carboxylic acids is 2. The van der Waals surface area contributed by atoms with Gasteiger partial charge in [0, 0.05) is 11.3 Å². The Morgan fingerprint density at radius 1 is 1.13 bits per heavy atom. The molecule has 3 aromatic rings. The molecular formula is C22H25N3O5S. The predicted molar refractivity (Wildman–Crippen MR) is 119 cm³/mol. The van der Waals surface area contributed by atoms with Crippen molar-refractivity contribution < 1.29 is 14.3 Å². The minimum absolute atomic E-state index is 0.00718. The minimum Gasteiger partial charge on any atom is -0.456 e.